The van der Waals surface area contributed by atoms with Crippen LogP contribution in [0.15, 0.2) is 12.1 Å². The van der Waals surface area contributed by atoms with Crippen molar-refractivity contribution in [2.45, 2.75) is 47.1 Å². The molecule has 1 heterocycles. The third-order valence-corrected chi connectivity index (χ3v) is 4.53. The van der Waals surface area contributed by atoms with Crippen LogP contribution >= 0.6 is 0 Å². The van der Waals surface area contributed by atoms with E-state index in [0.29, 0.717) is 11.5 Å². The summed E-state index contributed by atoms with van der Waals surface area (Å²) in [5, 5.41) is 3.48. The third kappa shape index (κ3) is 2.79. The summed E-state index contributed by atoms with van der Waals surface area (Å²) >= 11 is 0. The molecule has 1 unspecified atom stereocenters. The summed E-state index contributed by atoms with van der Waals surface area (Å²) in [7, 11) is 2.09. The van der Waals surface area contributed by atoms with Gasteiger partial charge in [0.05, 0.1) is 0 Å². The van der Waals surface area contributed by atoms with Gasteiger partial charge in [-0.3, -0.25) is 0 Å². The van der Waals surface area contributed by atoms with Gasteiger partial charge in [0.15, 0.2) is 0 Å². The number of anilines is 1. The molecule has 1 saturated heterocycles. The second kappa shape index (κ2) is 5.16. The number of nitrogens with zero attached hydrogens (tertiary/aromatic N) is 1. The van der Waals surface area contributed by atoms with E-state index in [-0.39, 0.29) is 0 Å². The molecule has 0 amide bonds. The first-order valence-corrected chi connectivity index (χ1v) is 7.35. The first kappa shape index (κ1) is 14.4. The van der Waals surface area contributed by atoms with Crippen molar-refractivity contribution in [3.63, 3.8) is 0 Å². The van der Waals surface area contributed by atoms with E-state index >= 15 is 0 Å². The average molecular weight is 260 g/mol. The van der Waals surface area contributed by atoms with Gasteiger partial charge < -0.3 is 10.2 Å². The Labute approximate surface area is 118 Å². The maximum atomic E-state index is 3.48. The van der Waals surface area contributed by atoms with Crippen LogP contribution in [0.2, 0.25) is 0 Å². The van der Waals surface area contributed by atoms with Gasteiger partial charge in [-0.15, -0.1) is 0 Å². The Morgan fingerprint density at radius 1 is 1.16 bits per heavy atom. The van der Waals surface area contributed by atoms with Crippen molar-refractivity contribution in [2.24, 2.45) is 5.41 Å². The molecule has 0 aromatic heterocycles. The summed E-state index contributed by atoms with van der Waals surface area (Å²) in [6.07, 6.45) is 1.22. The lowest BCUT2D eigenvalue weighted by Gasteiger charge is -2.46. The van der Waals surface area contributed by atoms with Gasteiger partial charge in [-0.2, -0.15) is 0 Å². The predicted octanol–water partition coefficient (Wildman–Crippen LogP) is 3.44. The standard InChI is InChI=1S/C17H28N2/c1-12-9-13(2)16(14(3)10-12)19-8-7-15(18-6)17(4,5)11-19/h9-10,15,18H,7-8,11H2,1-6H3. The Morgan fingerprint density at radius 3 is 2.21 bits per heavy atom. The Bertz CT molecular complexity index is 439. The SMILES string of the molecule is CNC1CCN(c2c(C)cc(C)cc2C)CC1(C)C. The van der Waals surface area contributed by atoms with Gasteiger partial charge in [0, 0.05) is 24.8 Å². The molecule has 19 heavy (non-hydrogen) atoms. The molecule has 1 aliphatic rings. The van der Waals surface area contributed by atoms with Crippen molar-refractivity contribution < 1.29 is 0 Å². The molecule has 2 heteroatoms. The number of piperidine rings is 1. The van der Waals surface area contributed by atoms with E-state index in [0.717, 1.165) is 13.1 Å². The fourth-order valence-electron chi connectivity index (χ4n) is 3.75. The Morgan fingerprint density at radius 2 is 1.74 bits per heavy atom. The normalized spacial score (nSPS) is 22.6. The fourth-order valence-corrected chi connectivity index (χ4v) is 3.75. The summed E-state index contributed by atoms with van der Waals surface area (Å²) in [5.41, 5.74) is 5.96. The maximum absolute atomic E-state index is 3.48. The molecule has 0 spiro atoms. The number of hydrogen-bond acceptors (Lipinski definition) is 2. The quantitative estimate of drug-likeness (QED) is 0.876. The van der Waals surface area contributed by atoms with Gasteiger partial charge in [-0.05, 0) is 50.8 Å². The second-order valence-electron chi connectivity index (χ2n) is 6.79. The molecule has 0 aliphatic carbocycles. The molecule has 2 rings (SSSR count). The van der Waals surface area contributed by atoms with Crippen LogP contribution in [-0.2, 0) is 0 Å². The van der Waals surface area contributed by atoms with Gasteiger partial charge >= 0.3 is 0 Å². The zero-order chi connectivity index (χ0) is 14.2. The van der Waals surface area contributed by atoms with Crippen LogP contribution in [0.5, 0.6) is 0 Å². The van der Waals surface area contributed by atoms with Gasteiger partial charge in [0.25, 0.3) is 0 Å². The van der Waals surface area contributed by atoms with Crippen molar-refractivity contribution in [3.05, 3.63) is 28.8 Å². The first-order valence-electron chi connectivity index (χ1n) is 7.35. The third-order valence-electron chi connectivity index (χ3n) is 4.53. The molecule has 1 aromatic carbocycles. The van der Waals surface area contributed by atoms with E-state index in [2.05, 4.69) is 64.0 Å². The summed E-state index contributed by atoms with van der Waals surface area (Å²) in [4.78, 5) is 2.58. The highest BCUT2D eigenvalue weighted by Gasteiger charge is 2.35. The molecule has 1 fully saturated rings. The summed E-state index contributed by atoms with van der Waals surface area (Å²) in [6, 6.07) is 5.23. The van der Waals surface area contributed by atoms with Crippen molar-refractivity contribution in [1.82, 2.24) is 5.32 Å². The molecule has 0 saturated carbocycles. The molecule has 106 valence electrons. The number of benzene rings is 1. The number of nitrogens with one attached hydrogen (secondary N) is 1. The van der Waals surface area contributed by atoms with Gasteiger partial charge in [0.2, 0.25) is 0 Å². The Kier molecular flexibility index (Phi) is 3.91. The number of hydrogen-bond donors (Lipinski definition) is 1. The molecular formula is C17H28N2. The van der Waals surface area contributed by atoms with Crippen molar-refractivity contribution in [2.75, 3.05) is 25.0 Å². The summed E-state index contributed by atoms with van der Waals surface area (Å²) < 4.78 is 0. The van der Waals surface area contributed by atoms with Crippen LogP contribution in [0.4, 0.5) is 5.69 Å². The van der Waals surface area contributed by atoms with E-state index in [1.54, 1.807) is 0 Å². The van der Waals surface area contributed by atoms with Crippen LogP contribution in [0, 0.1) is 26.2 Å². The highest BCUT2D eigenvalue weighted by atomic mass is 15.2. The minimum absolute atomic E-state index is 0.316. The average Bonchev–Trinajstić information content (AvgIpc) is 2.26. The Balaban J connectivity index is 2.30. The fraction of sp³-hybridized carbons (Fsp3) is 0.647. The lowest BCUT2D eigenvalue weighted by Crippen LogP contribution is -2.53. The molecule has 1 aromatic rings. The van der Waals surface area contributed by atoms with E-state index in [9.17, 15) is 0 Å². The Hall–Kier alpha value is -1.02. The largest absolute Gasteiger partial charge is 0.370 e. The molecular weight excluding hydrogens is 232 g/mol. The van der Waals surface area contributed by atoms with Crippen LogP contribution < -0.4 is 10.2 Å². The highest BCUT2D eigenvalue weighted by molar-refractivity contribution is 5.60. The minimum atomic E-state index is 0.316. The van der Waals surface area contributed by atoms with Gasteiger partial charge in [-0.1, -0.05) is 31.5 Å². The van der Waals surface area contributed by atoms with E-state index < -0.39 is 0 Å². The lowest BCUT2D eigenvalue weighted by molar-refractivity contribution is 0.215. The predicted molar refractivity (Wildman–Crippen MR) is 84.1 cm³/mol. The summed E-state index contributed by atoms with van der Waals surface area (Å²) in [5.74, 6) is 0. The van der Waals surface area contributed by atoms with Crippen LogP contribution in [0.25, 0.3) is 0 Å². The highest BCUT2D eigenvalue weighted by Crippen LogP contribution is 2.35. The molecule has 1 aliphatic heterocycles. The lowest BCUT2D eigenvalue weighted by atomic mass is 9.78. The van der Waals surface area contributed by atoms with Crippen molar-refractivity contribution in [1.29, 1.82) is 0 Å². The molecule has 1 N–H and O–H groups in total. The first-order chi connectivity index (χ1) is 8.85. The zero-order valence-electron chi connectivity index (χ0n) is 13.3. The van der Waals surface area contributed by atoms with E-state index in [1.807, 2.05) is 0 Å². The van der Waals surface area contributed by atoms with E-state index in [1.165, 1.54) is 28.8 Å². The maximum Gasteiger partial charge on any atom is 0.0426 e. The topological polar surface area (TPSA) is 15.3 Å². The molecule has 2 nitrogen and oxygen atoms in total. The monoisotopic (exact) mass is 260 g/mol. The smallest absolute Gasteiger partial charge is 0.0426 e. The second-order valence-corrected chi connectivity index (χ2v) is 6.79. The molecule has 0 radical (unpaired) electrons. The summed E-state index contributed by atoms with van der Waals surface area (Å²) in [6.45, 7) is 13.7. The number of rotatable bonds is 2. The van der Waals surface area contributed by atoms with Crippen LogP contribution in [0.3, 0.4) is 0 Å². The molecule has 1 atom stereocenters. The number of aryl methyl sites for hydroxylation is 3. The van der Waals surface area contributed by atoms with Crippen molar-refractivity contribution >= 4 is 5.69 Å². The van der Waals surface area contributed by atoms with Gasteiger partial charge in [-0.25, -0.2) is 0 Å². The van der Waals surface area contributed by atoms with Crippen molar-refractivity contribution in [3.8, 4) is 0 Å². The van der Waals surface area contributed by atoms with Gasteiger partial charge in [0.1, 0.15) is 0 Å². The zero-order valence-corrected chi connectivity index (χ0v) is 13.3. The van der Waals surface area contributed by atoms with Crippen LogP contribution in [-0.4, -0.2) is 26.2 Å². The molecule has 0 bridgehead atoms. The van der Waals surface area contributed by atoms with E-state index in [4.69, 9.17) is 0 Å². The van der Waals surface area contributed by atoms with Crippen LogP contribution in [0.1, 0.15) is 37.0 Å². The minimum Gasteiger partial charge on any atom is -0.370 e.